The number of fused-ring (bicyclic) bond motifs is 1. The van der Waals surface area contributed by atoms with Gasteiger partial charge in [0, 0.05) is 24.0 Å². The van der Waals surface area contributed by atoms with Gasteiger partial charge in [-0.3, -0.25) is 4.79 Å². The monoisotopic (exact) mass is 309 g/mol. The molecule has 0 bridgehead atoms. The average molecular weight is 310 g/mol. The summed E-state index contributed by atoms with van der Waals surface area (Å²) >= 11 is 3.42. The second-order valence-corrected chi connectivity index (χ2v) is 5.57. The summed E-state index contributed by atoms with van der Waals surface area (Å²) in [6.07, 6.45) is 6.16. The molecule has 1 amide bonds. The van der Waals surface area contributed by atoms with Crippen molar-refractivity contribution in [3.8, 4) is 0 Å². The van der Waals surface area contributed by atoms with Gasteiger partial charge in [0.25, 0.3) is 0 Å². The predicted molar refractivity (Wildman–Crippen MR) is 79.4 cm³/mol. The van der Waals surface area contributed by atoms with Gasteiger partial charge in [0.1, 0.15) is 0 Å². The van der Waals surface area contributed by atoms with Crippen molar-refractivity contribution in [2.75, 3.05) is 16.8 Å². The highest BCUT2D eigenvalue weighted by atomic mass is 79.9. The van der Waals surface area contributed by atoms with Crippen molar-refractivity contribution in [2.45, 2.75) is 38.5 Å². The van der Waals surface area contributed by atoms with Crippen LogP contribution < -0.4 is 4.90 Å². The highest BCUT2D eigenvalue weighted by Crippen LogP contribution is 2.27. The fraction of sp³-hybridized carbons (Fsp3) is 0.533. The number of alkyl halides is 1. The van der Waals surface area contributed by atoms with Crippen LogP contribution in [0.2, 0.25) is 0 Å². The molecular weight excluding hydrogens is 290 g/mol. The smallest absolute Gasteiger partial charge is 0.226 e. The van der Waals surface area contributed by atoms with Crippen LogP contribution in [0.15, 0.2) is 24.3 Å². The van der Waals surface area contributed by atoms with Gasteiger partial charge < -0.3 is 4.90 Å². The van der Waals surface area contributed by atoms with Crippen molar-refractivity contribution < 1.29 is 4.79 Å². The molecule has 2 nitrogen and oxygen atoms in total. The van der Waals surface area contributed by atoms with Crippen LogP contribution in [0.3, 0.4) is 0 Å². The predicted octanol–water partition coefficient (Wildman–Crippen LogP) is 3.92. The maximum absolute atomic E-state index is 12.2. The Labute approximate surface area is 117 Å². The largest absolute Gasteiger partial charge is 0.312 e. The SMILES string of the molecule is O=C(CCCCCBr)N1CCCc2ccccc21. The number of halogens is 1. The van der Waals surface area contributed by atoms with Crippen LogP contribution in [-0.4, -0.2) is 17.8 Å². The van der Waals surface area contributed by atoms with Crippen molar-refractivity contribution in [2.24, 2.45) is 0 Å². The summed E-state index contributed by atoms with van der Waals surface area (Å²) in [6, 6.07) is 8.29. The zero-order chi connectivity index (χ0) is 12.8. The number of hydrogen-bond donors (Lipinski definition) is 0. The van der Waals surface area contributed by atoms with Gasteiger partial charge >= 0.3 is 0 Å². The van der Waals surface area contributed by atoms with Gasteiger partial charge in [-0.1, -0.05) is 40.5 Å². The number of amides is 1. The molecule has 0 N–H and O–H groups in total. The van der Waals surface area contributed by atoms with E-state index in [1.165, 1.54) is 5.56 Å². The molecular formula is C15H20BrNO. The first-order valence-electron chi connectivity index (χ1n) is 6.77. The van der Waals surface area contributed by atoms with Crippen molar-refractivity contribution in [3.63, 3.8) is 0 Å². The van der Waals surface area contributed by atoms with Crippen molar-refractivity contribution in [3.05, 3.63) is 29.8 Å². The Morgan fingerprint density at radius 2 is 2.06 bits per heavy atom. The van der Waals surface area contributed by atoms with E-state index in [1.807, 2.05) is 11.0 Å². The molecule has 0 spiro atoms. The van der Waals surface area contributed by atoms with E-state index in [0.29, 0.717) is 6.42 Å². The van der Waals surface area contributed by atoms with E-state index >= 15 is 0 Å². The van der Waals surface area contributed by atoms with E-state index in [9.17, 15) is 4.79 Å². The third-order valence-corrected chi connectivity index (χ3v) is 4.00. The van der Waals surface area contributed by atoms with Crippen molar-refractivity contribution in [1.29, 1.82) is 0 Å². The number of hydrogen-bond acceptors (Lipinski definition) is 1. The molecule has 1 heterocycles. The maximum Gasteiger partial charge on any atom is 0.226 e. The van der Waals surface area contributed by atoms with E-state index in [1.54, 1.807) is 0 Å². The van der Waals surface area contributed by atoms with E-state index < -0.39 is 0 Å². The fourth-order valence-electron chi connectivity index (χ4n) is 2.48. The van der Waals surface area contributed by atoms with Gasteiger partial charge in [0.2, 0.25) is 5.91 Å². The number of nitrogens with zero attached hydrogens (tertiary/aromatic N) is 1. The van der Waals surface area contributed by atoms with Crippen LogP contribution in [0.5, 0.6) is 0 Å². The molecule has 1 aliphatic heterocycles. The van der Waals surface area contributed by atoms with Gasteiger partial charge in [-0.15, -0.1) is 0 Å². The summed E-state index contributed by atoms with van der Waals surface area (Å²) < 4.78 is 0. The van der Waals surface area contributed by atoms with Crippen LogP contribution in [-0.2, 0) is 11.2 Å². The molecule has 0 radical (unpaired) electrons. The van der Waals surface area contributed by atoms with E-state index in [2.05, 4.69) is 34.1 Å². The first-order chi connectivity index (χ1) is 8.83. The Morgan fingerprint density at radius 1 is 1.22 bits per heavy atom. The Morgan fingerprint density at radius 3 is 2.89 bits per heavy atom. The zero-order valence-corrected chi connectivity index (χ0v) is 12.3. The quantitative estimate of drug-likeness (QED) is 0.596. The average Bonchev–Trinajstić information content (AvgIpc) is 2.43. The first kappa shape index (κ1) is 13.6. The molecule has 1 aliphatic rings. The zero-order valence-electron chi connectivity index (χ0n) is 10.7. The lowest BCUT2D eigenvalue weighted by atomic mass is 10.0. The molecule has 0 aliphatic carbocycles. The van der Waals surface area contributed by atoms with Crippen LogP contribution in [0.1, 0.15) is 37.7 Å². The molecule has 18 heavy (non-hydrogen) atoms. The maximum atomic E-state index is 12.2. The summed E-state index contributed by atoms with van der Waals surface area (Å²) in [4.78, 5) is 14.2. The van der Waals surface area contributed by atoms with Crippen LogP contribution >= 0.6 is 15.9 Å². The second-order valence-electron chi connectivity index (χ2n) is 4.78. The van der Waals surface area contributed by atoms with Gasteiger partial charge in [0.05, 0.1) is 0 Å². The third kappa shape index (κ3) is 3.35. The highest BCUT2D eigenvalue weighted by Gasteiger charge is 2.21. The summed E-state index contributed by atoms with van der Waals surface area (Å²) in [7, 11) is 0. The first-order valence-corrected chi connectivity index (χ1v) is 7.89. The number of carbonyl (C=O) groups is 1. The molecule has 0 atom stereocenters. The number of aryl methyl sites for hydroxylation is 1. The van der Waals surface area contributed by atoms with Crippen molar-refractivity contribution in [1.82, 2.24) is 0 Å². The highest BCUT2D eigenvalue weighted by molar-refractivity contribution is 9.09. The molecule has 0 aromatic heterocycles. The summed E-state index contributed by atoms with van der Waals surface area (Å²) in [6.45, 7) is 0.883. The van der Waals surface area contributed by atoms with Crippen molar-refractivity contribution >= 4 is 27.5 Å². The lowest BCUT2D eigenvalue weighted by molar-refractivity contribution is -0.118. The lowest BCUT2D eigenvalue weighted by Crippen LogP contribution is -2.35. The third-order valence-electron chi connectivity index (χ3n) is 3.44. The Bertz CT molecular complexity index is 405. The Kier molecular flexibility index (Phi) is 5.24. The van der Waals surface area contributed by atoms with Crippen LogP contribution in [0.25, 0.3) is 0 Å². The van der Waals surface area contributed by atoms with E-state index in [-0.39, 0.29) is 5.91 Å². The van der Waals surface area contributed by atoms with Gasteiger partial charge in [0.15, 0.2) is 0 Å². The van der Waals surface area contributed by atoms with Gasteiger partial charge in [-0.05, 0) is 37.3 Å². The number of rotatable bonds is 5. The molecule has 1 aromatic carbocycles. The van der Waals surface area contributed by atoms with Crippen LogP contribution in [0, 0.1) is 0 Å². The standard InChI is InChI=1S/C15H20BrNO/c16-11-5-1-2-10-15(18)17-12-6-8-13-7-3-4-9-14(13)17/h3-4,7,9H,1-2,5-6,8,10-12H2. The van der Waals surface area contributed by atoms with Gasteiger partial charge in [-0.25, -0.2) is 0 Å². The number of anilines is 1. The minimum atomic E-state index is 0.289. The topological polar surface area (TPSA) is 20.3 Å². The fourth-order valence-corrected chi connectivity index (χ4v) is 2.87. The molecule has 0 unspecified atom stereocenters. The summed E-state index contributed by atoms with van der Waals surface area (Å²) in [5, 5.41) is 1.04. The summed E-state index contributed by atoms with van der Waals surface area (Å²) in [5.41, 5.74) is 2.45. The van der Waals surface area contributed by atoms with E-state index in [0.717, 1.165) is 49.7 Å². The Balaban J connectivity index is 1.95. The molecule has 0 saturated carbocycles. The molecule has 0 saturated heterocycles. The Hall–Kier alpha value is -0.830. The van der Waals surface area contributed by atoms with E-state index in [4.69, 9.17) is 0 Å². The lowest BCUT2D eigenvalue weighted by Gasteiger charge is -2.29. The number of carbonyl (C=O) groups excluding carboxylic acids is 1. The minimum Gasteiger partial charge on any atom is -0.312 e. The minimum absolute atomic E-state index is 0.289. The number of para-hydroxylation sites is 1. The molecule has 1 aromatic rings. The molecule has 98 valence electrons. The number of benzene rings is 1. The molecule has 3 heteroatoms. The normalized spacial score (nSPS) is 14.4. The van der Waals surface area contributed by atoms with Gasteiger partial charge in [-0.2, -0.15) is 0 Å². The van der Waals surface area contributed by atoms with Crippen LogP contribution in [0.4, 0.5) is 5.69 Å². The number of unbranched alkanes of at least 4 members (excludes halogenated alkanes) is 2. The second kappa shape index (κ2) is 6.93. The molecule has 0 fully saturated rings. The summed E-state index contributed by atoms with van der Waals surface area (Å²) in [5.74, 6) is 0.289. The molecule has 2 rings (SSSR count).